The van der Waals surface area contributed by atoms with Crippen LogP contribution in [0.4, 0.5) is 0 Å². The Labute approximate surface area is 109 Å². The second kappa shape index (κ2) is 6.86. The number of rotatable bonds is 5. The minimum Gasteiger partial charge on any atom is -0.748 e. The zero-order valence-electron chi connectivity index (χ0n) is 11.3. The fourth-order valence-electron chi connectivity index (χ4n) is 1.05. The van der Waals surface area contributed by atoms with Gasteiger partial charge in [-0.15, -0.1) is 0 Å². The van der Waals surface area contributed by atoms with Gasteiger partial charge in [0.25, 0.3) is 0 Å². The summed E-state index contributed by atoms with van der Waals surface area (Å²) in [5, 5.41) is 0. The van der Waals surface area contributed by atoms with Crippen molar-refractivity contribution in [2.24, 2.45) is 0 Å². The molecule has 0 N–H and O–H groups in total. The van der Waals surface area contributed by atoms with Gasteiger partial charge in [0.15, 0.2) is 0 Å². The molecule has 0 aromatic carbocycles. The van der Waals surface area contributed by atoms with Crippen molar-refractivity contribution in [3.05, 3.63) is 11.8 Å². The molecule has 106 valence electrons. The van der Waals surface area contributed by atoms with Gasteiger partial charge in [0, 0.05) is 12.2 Å². The highest BCUT2D eigenvalue weighted by atomic mass is 32.2. The van der Waals surface area contributed by atoms with E-state index in [1.165, 1.54) is 6.26 Å². The van der Waals surface area contributed by atoms with Crippen LogP contribution in [0.2, 0.25) is 0 Å². The Morgan fingerprint density at radius 2 is 1.89 bits per heavy atom. The summed E-state index contributed by atoms with van der Waals surface area (Å²) in [7, 11) is 0.00789. The van der Waals surface area contributed by atoms with Crippen molar-refractivity contribution in [3.8, 4) is 0 Å². The zero-order valence-corrected chi connectivity index (χ0v) is 12.1. The van der Waals surface area contributed by atoms with Gasteiger partial charge in [-0.3, -0.25) is 0 Å². The van der Waals surface area contributed by atoms with E-state index < -0.39 is 10.1 Å². The lowest BCUT2D eigenvalue weighted by Crippen LogP contribution is -2.40. The molecule has 0 fully saturated rings. The molecule has 18 heavy (non-hydrogen) atoms. The van der Waals surface area contributed by atoms with E-state index in [1.807, 2.05) is 21.0 Å². The number of ether oxygens (including phenoxy) is 1. The Morgan fingerprint density at radius 1 is 1.39 bits per heavy atom. The first-order valence-electron chi connectivity index (χ1n) is 5.71. The van der Waals surface area contributed by atoms with Crippen LogP contribution in [-0.4, -0.2) is 56.4 Å². The quantitative estimate of drug-likeness (QED) is 0.415. The van der Waals surface area contributed by atoms with Gasteiger partial charge in [-0.1, -0.05) is 0 Å². The average molecular weight is 279 g/mol. The SMILES string of the molecule is CC1=COC1=O.CC[N+](C)(C)CCCS(=O)(=O)[O-]. The Balaban J connectivity index is 0.000000397. The average Bonchev–Trinajstić information content (AvgIpc) is 2.25. The van der Waals surface area contributed by atoms with E-state index in [0.29, 0.717) is 12.0 Å². The van der Waals surface area contributed by atoms with Crippen LogP contribution in [0.3, 0.4) is 0 Å². The third-order valence-electron chi connectivity index (χ3n) is 2.68. The van der Waals surface area contributed by atoms with Gasteiger partial charge in [-0.2, -0.15) is 0 Å². The van der Waals surface area contributed by atoms with Crippen molar-refractivity contribution in [2.45, 2.75) is 20.3 Å². The smallest absolute Gasteiger partial charge is 0.341 e. The Hall–Kier alpha value is -0.920. The first kappa shape index (κ1) is 17.1. The molecular weight excluding hydrogens is 258 g/mol. The molecule has 1 aliphatic rings. The van der Waals surface area contributed by atoms with Gasteiger partial charge in [-0.25, -0.2) is 13.2 Å². The molecule has 6 nitrogen and oxygen atoms in total. The molecule has 0 unspecified atom stereocenters. The van der Waals surface area contributed by atoms with Crippen molar-refractivity contribution < 1.29 is 27.0 Å². The summed E-state index contributed by atoms with van der Waals surface area (Å²) in [6.45, 7) is 5.43. The van der Waals surface area contributed by atoms with Crippen molar-refractivity contribution in [1.29, 1.82) is 0 Å². The molecule has 0 radical (unpaired) electrons. The topological polar surface area (TPSA) is 83.5 Å². The van der Waals surface area contributed by atoms with E-state index in [0.717, 1.165) is 17.6 Å². The standard InChI is InChI=1S/C7H17NO3S.C4H4O2/c1-4-8(2,3)6-5-7-12(9,10)11;1-3-2-6-4(3)5/h4-7H2,1-3H3;2H,1H3. The number of carbonyl (C=O) groups is 1. The van der Waals surface area contributed by atoms with Gasteiger partial charge in [0.1, 0.15) is 6.26 Å². The van der Waals surface area contributed by atoms with Crippen LogP contribution in [0.25, 0.3) is 0 Å². The molecule has 1 heterocycles. The van der Waals surface area contributed by atoms with Gasteiger partial charge in [-0.05, 0) is 13.8 Å². The number of carbonyl (C=O) groups excluding carboxylic acids is 1. The largest absolute Gasteiger partial charge is 0.748 e. The Morgan fingerprint density at radius 3 is 2.11 bits per heavy atom. The first-order chi connectivity index (χ1) is 8.07. The van der Waals surface area contributed by atoms with E-state index in [-0.39, 0.29) is 11.7 Å². The summed E-state index contributed by atoms with van der Waals surface area (Å²) in [5.74, 6) is -0.440. The van der Waals surface area contributed by atoms with Crippen LogP contribution in [0.15, 0.2) is 11.8 Å². The van der Waals surface area contributed by atoms with E-state index >= 15 is 0 Å². The third-order valence-corrected chi connectivity index (χ3v) is 3.47. The van der Waals surface area contributed by atoms with Crippen molar-refractivity contribution in [2.75, 3.05) is 32.9 Å². The molecule has 0 bridgehead atoms. The predicted octanol–water partition coefficient (Wildman–Crippen LogP) is 0.465. The Bertz CT molecular complexity index is 411. The number of hydrogen-bond donors (Lipinski definition) is 0. The highest BCUT2D eigenvalue weighted by Gasteiger charge is 2.12. The number of nitrogens with zero attached hydrogens (tertiary/aromatic N) is 1. The molecule has 0 aromatic heterocycles. The monoisotopic (exact) mass is 279 g/mol. The molecule has 0 atom stereocenters. The second-order valence-corrected chi connectivity index (χ2v) is 6.32. The molecule has 0 saturated carbocycles. The highest BCUT2D eigenvalue weighted by molar-refractivity contribution is 7.85. The molecule has 0 aliphatic carbocycles. The van der Waals surface area contributed by atoms with Crippen molar-refractivity contribution in [3.63, 3.8) is 0 Å². The van der Waals surface area contributed by atoms with Crippen LogP contribution < -0.4 is 0 Å². The number of esters is 1. The molecule has 0 saturated heterocycles. The van der Waals surface area contributed by atoms with Crippen LogP contribution >= 0.6 is 0 Å². The fourth-order valence-corrected chi connectivity index (χ4v) is 1.54. The number of cyclic esters (lactones) is 1. The summed E-state index contributed by atoms with van der Waals surface area (Å²) in [6.07, 6.45) is 1.88. The summed E-state index contributed by atoms with van der Waals surface area (Å²) in [4.78, 5) is 9.94. The second-order valence-electron chi connectivity index (χ2n) is 4.80. The lowest BCUT2D eigenvalue weighted by Gasteiger charge is -2.28. The van der Waals surface area contributed by atoms with E-state index in [4.69, 9.17) is 0 Å². The maximum absolute atomic E-state index is 10.2. The lowest BCUT2D eigenvalue weighted by molar-refractivity contribution is -0.888. The summed E-state index contributed by atoms with van der Waals surface area (Å²) < 4.78 is 35.7. The molecule has 0 spiro atoms. The number of quaternary nitrogens is 1. The molecule has 1 aliphatic heterocycles. The molecule has 1 rings (SSSR count). The van der Waals surface area contributed by atoms with E-state index in [9.17, 15) is 17.8 Å². The minimum atomic E-state index is -4.01. The zero-order chi connectivity index (χ0) is 14.4. The van der Waals surface area contributed by atoms with Gasteiger partial charge >= 0.3 is 5.97 Å². The van der Waals surface area contributed by atoms with Crippen molar-refractivity contribution >= 4 is 16.1 Å². The van der Waals surface area contributed by atoms with Gasteiger partial charge in [0.05, 0.1) is 42.9 Å². The molecular formula is C11H21NO5S. The van der Waals surface area contributed by atoms with E-state index in [2.05, 4.69) is 4.74 Å². The maximum atomic E-state index is 10.2. The molecule has 0 aromatic rings. The Kier molecular flexibility index (Phi) is 6.51. The van der Waals surface area contributed by atoms with Crippen LogP contribution in [-0.2, 0) is 19.6 Å². The lowest BCUT2D eigenvalue weighted by atomic mass is 10.3. The minimum absolute atomic E-state index is 0.199. The fraction of sp³-hybridized carbons (Fsp3) is 0.727. The van der Waals surface area contributed by atoms with Crippen LogP contribution in [0.5, 0.6) is 0 Å². The number of hydrogen-bond acceptors (Lipinski definition) is 5. The first-order valence-corrected chi connectivity index (χ1v) is 7.28. The highest BCUT2D eigenvalue weighted by Crippen LogP contribution is 2.06. The van der Waals surface area contributed by atoms with Crippen LogP contribution in [0.1, 0.15) is 20.3 Å². The summed E-state index contributed by atoms with van der Waals surface area (Å²) in [6, 6.07) is 0. The molecule has 0 amide bonds. The van der Waals surface area contributed by atoms with E-state index in [1.54, 1.807) is 6.92 Å². The summed E-state index contributed by atoms with van der Waals surface area (Å²) >= 11 is 0. The van der Waals surface area contributed by atoms with Gasteiger partial charge in [0.2, 0.25) is 0 Å². The predicted molar refractivity (Wildman–Crippen MR) is 66.5 cm³/mol. The van der Waals surface area contributed by atoms with Crippen molar-refractivity contribution in [1.82, 2.24) is 0 Å². The normalized spacial score (nSPS) is 14.9. The van der Waals surface area contributed by atoms with Crippen LogP contribution in [0, 0.1) is 0 Å². The maximum Gasteiger partial charge on any atom is 0.341 e. The molecule has 7 heteroatoms. The van der Waals surface area contributed by atoms with Gasteiger partial charge < -0.3 is 13.8 Å². The third kappa shape index (κ3) is 8.21. The summed E-state index contributed by atoms with van der Waals surface area (Å²) in [5.41, 5.74) is 0.704.